The maximum absolute atomic E-state index is 14.7. The Bertz CT molecular complexity index is 2810. The van der Waals surface area contributed by atoms with Crippen LogP contribution in [0.15, 0.2) is 159 Å². The number of hydrogen-bond acceptors (Lipinski definition) is 5. The minimum atomic E-state index is -0.967. The molecule has 0 bridgehead atoms. The summed E-state index contributed by atoms with van der Waals surface area (Å²) >= 11 is 0. The fourth-order valence-corrected chi connectivity index (χ4v) is 9.03. The second-order valence-corrected chi connectivity index (χ2v) is 14.9. The second kappa shape index (κ2) is 14.0. The molecule has 0 N–H and O–H groups in total. The third kappa shape index (κ3) is 5.42. The molecule has 9 nitrogen and oxygen atoms in total. The highest BCUT2D eigenvalue weighted by Gasteiger charge is 2.37. The first-order valence-electron chi connectivity index (χ1n) is 19.0. The zero-order valence-corrected chi connectivity index (χ0v) is 32.3. The van der Waals surface area contributed by atoms with E-state index in [0.29, 0.717) is 78.4 Å². The zero-order valence-electron chi connectivity index (χ0n) is 32.3. The van der Waals surface area contributed by atoms with Crippen molar-refractivity contribution < 1.29 is 4.79 Å². The lowest BCUT2D eigenvalue weighted by atomic mass is 9.78. The Balaban J connectivity index is 1.43. The van der Waals surface area contributed by atoms with Crippen LogP contribution < -0.4 is 22.2 Å². The van der Waals surface area contributed by atoms with E-state index in [1.807, 2.05) is 127 Å². The molecule has 284 valence electrons. The first kappa shape index (κ1) is 36.3. The van der Waals surface area contributed by atoms with Crippen molar-refractivity contribution in [1.82, 2.24) is 18.3 Å². The van der Waals surface area contributed by atoms with E-state index in [1.165, 1.54) is 0 Å². The van der Waals surface area contributed by atoms with Crippen LogP contribution in [-0.4, -0.2) is 24.6 Å². The minimum absolute atomic E-state index is 0.260. The summed E-state index contributed by atoms with van der Waals surface area (Å²) in [5, 5.41) is 0. The average molecular weight is 763 g/mol. The number of benzene rings is 1. The molecule has 0 aromatic heterocycles. The molecule has 4 aliphatic heterocycles. The Morgan fingerprint density at radius 1 is 0.379 bits per heavy atom. The fraction of sp³-hybridized carbons (Fsp3) is 0.122. The largest absolute Gasteiger partial charge is 0.311 e. The number of fused-ring (bicyclic) bond motifs is 4. The van der Waals surface area contributed by atoms with Crippen molar-refractivity contribution in [2.24, 2.45) is 28.2 Å². The maximum atomic E-state index is 14.7. The van der Waals surface area contributed by atoms with E-state index in [9.17, 15) is 24.0 Å². The lowest BCUT2D eigenvalue weighted by Crippen LogP contribution is -2.25. The van der Waals surface area contributed by atoms with Crippen LogP contribution in [0.1, 0.15) is 55.6 Å². The molecule has 9 heteroatoms. The van der Waals surface area contributed by atoms with Gasteiger partial charge >= 0.3 is 0 Å². The summed E-state index contributed by atoms with van der Waals surface area (Å²) in [6.07, 6.45) is 0.728. The molecule has 0 unspecified atom stereocenters. The second-order valence-electron chi connectivity index (χ2n) is 14.9. The zero-order chi connectivity index (χ0) is 40.4. The van der Waals surface area contributed by atoms with Crippen molar-refractivity contribution in [2.45, 2.75) is 11.8 Å². The molecule has 1 aromatic carbocycles. The molecule has 0 saturated heterocycles. The van der Waals surface area contributed by atoms with Crippen LogP contribution in [0.25, 0.3) is 45.0 Å². The topological polar surface area (TPSA) is 105 Å². The number of carbonyl (C=O) groups excluding carboxylic acids is 1. The monoisotopic (exact) mass is 762 g/mol. The molecule has 0 saturated carbocycles. The van der Waals surface area contributed by atoms with E-state index in [-0.39, 0.29) is 27.8 Å². The molecule has 8 aliphatic rings. The number of carbonyl (C=O) groups is 1. The normalized spacial score (nSPS) is 11.8. The van der Waals surface area contributed by atoms with Gasteiger partial charge in [-0.15, -0.1) is 0 Å². The summed E-state index contributed by atoms with van der Waals surface area (Å²) in [5.74, 6) is -1.93. The van der Waals surface area contributed by atoms with Crippen LogP contribution in [0.3, 0.4) is 0 Å². The van der Waals surface area contributed by atoms with Crippen LogP contribution in [-0.2, 0) is 28.2 Å². The number of nitrogens with zero attached hydrogens (tertiary/aromatic N) is 4. The summed E-state index contributed by atoms with van der Waals surface area (Å²) < 4.78 is 6.33. The van der Waals surface area contributed by atoms with Crippen LogP contribution in [0.5, 0.6) is 0 Å². The summed E-state index contributed by atoms with van der Waals surface area (Å²) in [4.78, 5) is 71.8. The SMILES string of the molecule is Cn1c2cccccc-2c(C(c2cc(C=O)cc(C(c3c4cccccc-4n(C)c3=O)c3c4cccccc-4n(C)c3=O)c2)c2c3cccccc-3n(C)c2=O)c1=O. The van der Waals surface area contributed by atoms with Gasteiger partial charge in [0.1, 0.15) is 6.29 Å². The standard InChI is InChI=1S/C49H38N4O5/c1-50-36-21-13-5-9-17-32(36)42(46(50)55)40(43-33-18-10-6-14-22-37(33)51(2)47(43)56)30-25-29(28-54)26-31(27-30)41(44-34-19-11-7-15-23-38(34)52(3)48(44)57)45-35-20-12-8-16-24-39(35)53(4)49(45)58/h5-28,40-41H,1-4H3. The number of hydrogen-bond donors (Lipinski definition) is 0. The van der Waals surface area contributed by atoms with Crippen molar-refractivity contribution in [3.05, 3.63) is 220 Å². The molecule has 4 heterocycles. The summed E-state index contributed by atoms with van der Waals surface area (Å²) in [6, 6.07) is 42.7. The lowest BCUT2D eigenvalue weighted by Gasteiger charge is -2.22. The molecule has 0 radical (unpaired) electrons. The van der Waals surface area contributed by atoms with Gasteiger partial charge in [0, 0.05) is 90.1 Å². The Kier molecular flexibility index (Phi) is 8.73. The third-order valence-electron chi connectivity index (χ3n) is 11.8. The average Bonchev–Trinajstić information content (AvgIpc) is 3.57. The van der Waals surface area contributed by atoms with E-state index in [4.69, 9.17) is 0 Å². The van der Waals surface area contributed by atoms with Gasteiger partial charge < -0.3 is 18.3 Å². The van der Waals surface area contributed by atoms with E-state index >= 15 is 0 Å². The van der Waals surface area contributed by atoms with Crippen LogP contribution >= 0.6 is 0 Å². The van der Waals surface area contributed by atoms with Gasteiger partial charge in [0.2, 0.25) is 0 Å². The van der Waals surface area contributed by atoms with E-state index in [0.717, 1.165) is 6.29 Å². The molecular formula is C49H38N4O5. The Morgan fingerprint density at radius 2 is 0.638 bits per heavy atom. The number of aromatic nitrogens is 4. The van der Waals surface area contributed by atoms with Gasteiger partial charge in [0.25, 0.3) is 22.2 Å². The predicted octanol–water partition coefficient (Wildman–Crippen LogP) is 7.07. The third-order valence-corrected chi connectivity index (χ3v) is 11.8. The van der Waals surface area contributed by atoms with Crippen LogP contribution in [0.4, 0.5) is 0 Å². The lowest BCUT2D eigenvalue weighted by molar-refractivity contribution is 0.112. The highest BCUT2D eigenvalue weighted by molar-refractivity contribution is 5.80. The Labute approximate surface area is 333 Å². The maximum Gasteiger partial charge on any atom is 0.255 e. The van der Waals surface area contributed by atoms with Crippen molar-refractivity contribution in [1.29, 1.82) is 0 Å². The van der Waals surface area contributed by atoms with Gasteiger partial charge in [-0.1, -0.05) is 103 Å². The van der Waals surface area contributed by atoms with Gasteiger partial charge in [-0.2, -0.15) is 0 Å². The summed E-state index contributed by atoms with van der Waals surface area (Å²) in [6.45, 7) is 0. The molecule has 58 heavy (non-hydrogen) atoms. The molecular weight excluding hydrogens is 725 g/mol. The number of rotatable bonds is 7. The first-order chi connectivity index (χ1) is 28.1. The van der Waals surface area contributed by atoms with Crippen molar-refractivity contribution in [2.75, 3.05) is 0 Å². The Morgan fingerprint density at radius 3 is 0.897 bits per heavy atom. The van der Waals surface area contributed by atoms with Crippen molar-refractivity contribution in [3.63, 3.8) is 0 Å². The smallest absolute Gasteiger partial charge is 0.255 e. The summed E-state index contributed by atoms with van der Waals surface area (Å²) in [7, 11) is 6.84. The van der Waals surface area contributed by atoms with Gasteiger partial charge in [0.05, 0.1) is 22.8 Å². The molecule has 9 rings (SSSR count). The van der Waals surface area contributed by atoms with E-state index in [1.54, 1.807) is 58.6 Å². The van der Waals surface area contributed by atoms with Crippen molar-refractivity contribution in [3.8, 4) is 45.0 Å². The van der Waals surface area contributed by atoms with Gasteiger partial charge in [-0.3, -0.25) is 24.0 Å². The minimum Gasteiger partial charge on any atom is -0.311 e. The van der Waals surface area contributed by atoms with Gasteiger partial charge in [-0.05, 0) is 47.5 Å². The predicted molar refractivity (Wildman–Crippen MR) is 227 cm³/mol. The van der Waals surface area contributed by atoms with Gasteiger partial charge in [0.15, 0.2) is 0 Å². The molecule has 0 fully saturated rings. The molecule has 4 aliphatic carbocycles. The highest BCUT2D eigenvalue weighted by Crippen LogP contribution is 2.45. The number of aldehydes is 1. The summed E-state index contributed by atoms with van der Waals surface area (Å²) in [5.41, 5.74) is 6.92. The molecule has 0 amide bonds. The fourth-order valence-electron chi connectivity index (χ4n) is 9.03. The highest BCUT2D eigenvalue weighted by atomic mass is 16.1. The van der Waals surface area contributed by atoms with Crippen LogP contribution in [0.2, 0.25) is 0 Å². The van der Waals surface area contributed by atoms with Crippen LogP contribution in [0, 0.1) is 0 Å². The molecule has 0 spiro atoms. The van der Waals surface area contributed by atoms with Crippen molar-refractivity contribution >= 4 is 6.29 Å². The Hall–Kier alpha value is -7.39. The van der Waals surface area contributed by atoms with Gasteiger partial charge in [-0.25, -0.2) is 0 Å². The molecule has 1 aromatic rings. The molecule has 0 atom stereocenters. The first-order valence-corrected chi connectivity index (χ1v) is 19.0. The van der Waals surface area contributed by atoms with E-state index in [2.05, 4.69) is 0 Å². The van der Waals surface area contributed by atoms with E-state index < -0.39 is 11.8 Å². The quantitative estimate of drug-likeness (QED) is 0.162.